The van der Waals surface area contributed by atoms with Crippen LogP contribution in [-0.2, 0) is 11.3 Å². The molecule has 106 valence electrons. The van der Waals surface area contributed by atoms with Crippen LogP contribution in [0.4, 0.5) is 4.79 Å². The lowest BCUT2D eigenvalue weighted by Gasteiger charge is -2.13. The first-order valence-corrected chi connectivity index (χ1v) is 6.14. The Labute approximate surface area is 111 Å². The number of aryl methyl sites for hydroxylation is 2. The molecule has 7 nitrogen and oxygen atoms in total. The molecule has 0 bridgehead atoms. The summed E-state index contributed by atoms with van der Waals surface area (Å²) in [4.78, 5) is 26.5. The zero-order chi connectivity index (χ0) is 14.4. The highest BCUT2D eigenvalue weighted by atomic mass is 16.4. The number of carboxylic acid groups (broad SMARTS) is 1. The Bertz CT molecular complexity index is 436. The molecule has 1 atom stereocenters. The van der Waals surface area contributed by atoms with Crippen LogP contribution in [0.5, 0.6) is 0 Å². The van der Waals surface area contributed by atoms with Crippen molar-refractivity contribution in [1.82, 2.24) is 15.6 Å². The molecule has 1 heterocycles. The first kappa shape index (κ1) is 15.0. The van der Waals surface area contributed by atoms with Gasteiger partial charge in [0.25, 0.3) is 0 Å². The minimum atomic E-state index is -1.04. The lowest BCUT2D eigenvalue weighted by molar-refractivity contribution is -0.139. The monoisotopic (exact) mass is 269 g/mol. The number of aliphatic carboxylic acids is 1. The van der Waals surface area contributed by atoms with Gasteiger partial charge < -0.3 is 20.2 Å². The van der Waals surface area contributed by atoms with Crippen molar-refractivity contribution in [3.63, 3.8) is 0 Å². The van der Waals surface area contributed by atoms with Gasteiger partial charge in [-0.15, -0.1) is 0 Å². The largest absolute Gasteiger partial charge is 0.480 e. The van der Waals surface area contributed by atoms with E-state index in [1.807, 2.05) is 13.8 Å². The Morgan fingerprint density at radius 2 is 2.11 bits per heavy atom. The number of hydrogen-bond donors (Lipinski definition) is 3. The van der Waals surface area contributed by atoms with Gasteiger partial charge >= 0.3 is 12.0 Å². The minimum Gasteiger partial charge on any atom is -0.480 e. The van der Waals surface area contributed by atoms with Crippen LogP contribution in [0, 0.1) is 13.8 Å². The van der Waals surface area contributed by atoms with E-state index in [-0.39, 0.29) is 6.54 Å². The fraction of sp³-hybridized carbons (Fsp3) is 0.583. The van der Waals surface area contributed by atoms with E-state index in [0.717, 1.165) is 5.69 Å². The van der Waals surface area contributed by atoms with Crippen molar-refractivity contribution in [1.29, 1.82) is 0 Å². The van der Waals surface area contributed by atoms with Gasteiger partial charge in [-0.1, -0.05) is 13.3 Å². The summed E-state index contributed by atoms with van der Waals surface area (Å²) in [6.07, 6.45) is 1.06. The van der Waals surface area contributed by atoms with Crippen molar-refractivity contribution >= 4 is 12.0 Å². The van der Waals surface area contributed by atoms with Crippen LogP contribution in [0.2, 0.25) is 0 Å². The number of oxazole rings is 1. The van der Waals surface area contributed by atoms with Crippen LogP contribution >= 0.6 is 0 Å². The Morgan fingerprint density at radius 3 is 2.58 bits per heavy atom. The molecule has 0 saturated heterocycles. The average molecular weight is 269 g/mol. The van der Waals surface area contributed by atoms with E-state index in [1.165, 1.54) is 0 Å². The molecule has 19 heavy (non-hydrogen) atoms. The molecule has 3 N–H and O–H groups in total. The first-order valence-electron chi connectivity index (χ1n) is 6.14. The zero-order valence-corrected chi connectivity index (χ0v) is 11.3. The van der Waals surface area contributed by atoms with E-state index in [1.54, 1.807) is 6.92 Å². The van der Waals surface area contributed by atoms with Crippen LogP contribution in [0.3, 0.4) is 0 Å². The van der Waals surface area contributed by atoms with E-state index in [2.05, 4.69) is 15.6 Å². The average Bonchev–Trinajstić information content (AvgIpc) is 2.65. The third-order valence-corrected chi connectivity index (χ3v) is 2.65. The predicted octanol–water partition coefficient (Wildman–Crippen LogP) is 1.34. The van der Waals surface area contributed by atoms with Crippen LogP contribution < -0.4 is 10.6 Å². The molecule has 0 spiro atoms. The van der Waals surface area contributed by atoms with Gasteiger partial charge in [0, 0.05) is 0 Å². The van der Waals surface area contributed by atoms with Gasteiger partial charge in [-0.3, -0.25) is 0 Å². The highest BCUT2D eigenvalue weighted by Crippen LogP contribution is 2.07. The number of amides is 2. The molecular weight excluding hydrogens is 250 g/mol. The second-order valence-electron chi connectivity index (χ2n) is 4.26. The van der Waals surface area contributed by atoms with Crippen molar-refractivity contribution in [3.05, 3.63) is 17.3 Å². The minimum absolute atomic E-state index is 0.124. The van der Waals surface area contributed by atoms with E-state index in [4.69, 9.17) is 9.52 Å². The number of urea groups is 1. The molecule has 0 aliphatic rings. The molecule has 1 rings (SSSR count). The summed E-state index contributed by atoms with van der Waals surface area (Å²) in [5.41, 5.74) is 0.770. The number of carbonyl (C=O) groups excluding carboxylic acids is 1. The number of hydrogen-bond acceptors (Lipinski definition) is 4. The van der Waals surface area contributed by atoms with E-state index >= 15 is 0 Å². The second kappa shape index (κ2) is 6.77. The molecule has 0 fully saturated rings. The molecule has 2 amide bonds. The lowest BCUT2D eigenvalue weighted by Crippen LogP contribution is -2.45. The fourth-order valence-corrected chi connectivity index (χ4v) is 1.53. The van der Waals surface area contributed by atoms with E-state index in [0.29, 0.717) is 24.5 Å². The molecule has 0 aliphatic carbocycles. The quantitative estimate of drug-likeness (QED) is 0.723. The number of nitrogens with zero attached hydrogens (tertiary/aromatic N) is 1. The standard InChI is InChI=1S/C12H19N3O4/c1-4-5-9(11(16)17)15-12(18)13-6-10-14-7(2)8(3)19-10/h9H,4-6H2,1-3H3,(H,16,17)(H2,13,15,18)/t9-/m0/s1. The Hall–Kier alpha value is -2.05. The van der Waals surface area contributed by atoms with Crippen molar-refractivity contribution in [2.24, 2.45) is 0 Å². The number of nitrogens with one attached hydrogen (secondary N) is 2. The van der Waals surface area contributed by atoms with Crippen molar-refractivity contribution in [3.8, 4) is 0 Å². The van der Waals surface area contributed by atoms with Crippen molar-refractivity contribution < 1.29 is 19.1 Å². The summed E-state index contributed by atoms with van der Waals surface area (Å²) in [6, 6.07) is -1.42. The van der Waals surface area contributed by atoms with Gasteiger partial charge in [-0.25, -0.2) is 14.6 Å². The van der Waals surface area contributed by atoms with Gasteiger partial charge in [-0.2, -0.15) is 0 Å². The third-order valence-electron chi connectivity index (χ3n) is 2.65. The summed E-state index contributed by atoms with van der Waals surface area (Å²) in [6.45, 7) is 5.57. The predicted molar refractivity (Wildman–Crippen MR) is 67.7 cm³/mol. The SMILES string of the molecule is CCC[C@H](NC(=O)NCc1nc(C)c(C)o1)C(=O)O. The normalized spacial score (nSPS) is 11.9. The van der Waals surface area contributed by atoms with E-state index < -0.39 is 18.0 Å². The summed E-state index contributed by atoms with van der Waals surface area (Å²) in [5, 5.41) is 13.8. The van der Waals surface area contributed by atoms with Crippen LogP contribution in [0.1, 0.15) is 37.1 Å². The summed E-state index contributed by atoms with van der Waals surface area (Å²) < 4.78 is 5.29. The molecule has 7 heteroatoms. The fourth-order valence-electron chi connectivity index (χ4n) is 1.53. The van der Waals surface area contributed by atoms with Crippen LogP contribution in [0.15, 0.2) is 4.42 Å². The van der Waals surface area contributed by atoms with Gasteiger partial charge in [-0.05, 0) is 20.3 Å². The molecule has 1 aromatic heterocycles. The summed E-state index contributed by atoms with van der Waals surface area (Å²) in [5.74, 6) is 0.0546. The maximum atomic E-state index is 11.5. The highest BCUT2D eigenvalue weighted by Gasteiger charge is 2.18. The van der Waals surface area contributed by atoms with E-state index in [9.17, 15) is 9.59 Å². The Kier molecular flexibility index (Phi) is 5.35. The first-order chi connectivity index (χ1) is 8.93. The molecular formula is C12H19N3O4. The topological polar surface area (TPSA) is 104 Å². The van der Waals surface area contributed by atoms with Gasteiger partial charge in [0.15, 0.2) is 0 Å². The Balaban J connectivity index is 2.44. The molecule has 1 aromatic rings. The lowest BCUT2D eigenvalue weighted by atomic mass is 10.2. The zero-order valence-electron chi connectivity index (χ0n) is 11.3. The van der Waals surface area contributed by atoms with Gasteiger partial charge in [0.1, 0.15) is 11.8 Å². The summed E-state index contributed by atoms with van der Waals surface area (Å²) >= 11 is 0. The highest BCUT2D eigenvalue weighted by molar-refractivity contribution is 5.82. The Morgan fingerprint density at radius 1 is 1.42 bits per heavy atom. The number of carboxylic acids is 1. The maximum Gasteiger partial charge on any atom is 0.326 e. The maximum absolute atomic E-state index is 11.5. The summed E-state index contributed by atoms with van der Waals surface area (Å²) in [7, 11) is 0. The molecule has 0 unspecified atom stereocenters. The van der Waals surface area contributed by atoms with Gasteiger partial charge in [0.2, 0.25) is 5.89 Å². The number of rotatable bonds is 6. The molecule has 0 aromatic carbocycles. The smallest absolute Gasteiger partial charge is 0.326 e. The van der Waals surface area contributed by atoms with Crippen molar-refractivity contribution in [2.45, 2.75) is 46.2 Å². The molecule has 0 aliphatic heterocycles. The van der Waals surface area contributed by atoms with Crippen LogP contribution in [-0.4, -0.2) is 28.1 Å². The number of aromatic nitrogens is 1. The van der Waals surface area contributed by atoms with Gasteiger partial charge in [0.05, 0.1) is 12.2 Å². The van der Waals surface area contributed by atoms with Crippen molar-refractivity contribution in [2.75, 3.05) is 0 Å². The third kappa shape index (κ3) is 4.61. The molecule has 0 saturated carbocycles. The number of carbonyl (C=O) groups is 2. The van der Waals surface area contributed by atoms with Crippen LogP contribution in [0.25, 0.3) is 0 Å². The molecule has 0 radical (unpaired) electrons. The second-order valence-corrected chi connectivity index (χ2v) is 4.26.